The molecule has 0 heterocycles. The van der Waals surface area contributed by atoms with Crippen molar-refractivity contribution in [2.24, 2.45) is 5.92 Å². The van der Waals surface area contributed by atoms with Crippen LogP contribution < -0.4 is 0 Å². The molecule has 0 N–H and O–H groups in total. The van der Waals surface area contributed by atoms with E-state index in [4.69, 9.17) is 9.47 Å². The fourth-order valence-electron chi connectivity index (χ4n) is 0.492. The number of hydrogen-bond acceptors (Lipinski definition) is 3. The minimum atomic E-state index is -0.180. The third-order valence-electron chi connectivity index (χ3n) is 1.50. The second-order valence-electron chi connectivity index (χ2n) is 2.38. The van der Waals surface area contributed by atoms with Gasteiger partial charge in [-0.1, -0.05) is 28.7 Å². The summed E-state index contributed by atoms with van der Waals surface area (Å²) in [5.74, 6) is -0.198. The van der Waals surface area contributed by atoms with Gasteiger partial charge in [-0.05, 0) is 13.3 Å². The average Bonchev–Trinajstić information content (AvgIpc) is 2.03. The van der Waals surface area contributed by atoms with Gasteiger partial charge < -0.3 is 9.47 Å². The highest BCUT2D eigenvalue weighted by Crippen LogP contribution is 2.02. The van der Waals surface area contributed by atoms with E-state index in [9.17, 15) is 4.79 Å². The van der Waals surface area contributed by atoms with Gasteiger partial charge in [0.15, 0.2) is 6.79 Å². The molecular weight excluding hydrogens is 168 g/mol. The van der Waals surface area contributed by atoms with E-state index in [-0.39, 0.29) is 33.5 Å². The summed E-state index contributed by atoms with van der Waals surface area (Å²) in [4.78, 5) is 10.9. The second-order valence-corrected chi connectivity index (χ2v) is 2.38. The molecule has 0 aliphatic carbocycles. The van der Waals surface area contributed by atoms with Crippen LogP contribution in [0.25, 0.3) is 0 Å². The van der Waals surface area contributed by atoms with Crippen LogP contribution in [0, 0.1) is 5.92 Å². The molecule has 0 aromatic heterocycles. The lowest BCUT2D eigenvalue weighted by Gasteiger charge is -2.08. The second kappa shape index (κ2) is 11.4. The lowest BCUT2D eigenvalue weighted by atomic mass is 10.1. The molecule has 0 radical (unpaired) electrons. The zero-order valence-corrected chi connectivity index (χ0v) is 7.42. The van der Waals surface area contributed by atoms with Gasteiger partial charge in [0.25, 0.3) is 0 Å². The van der Waals surface area contributed by atoms with Crippen molar-refractivity contribution in [1.29, 1.82) is 0 Å². The van der Waals surface area contributed by atoms with Gasteiger partial charge in [-0.3, -0.25) is 4.79 Å². The van der Waals surface area contributed by atoms with Gasteiger partial charge in [-0.2, -0.15) is 0 Å². The molecule has 0 fully saturated rings. The maximum Gasteiger partial charge on any atom is 0.310 e. The normalized spacial score (nSPS) is 10.7. The number of carbonyl (C=O) groups excluding carboxylic acids is 1. The van der Waals surface area contributed by atoms with Gasteiger partial charge in [-0.15, -0.1) is 0 Å². The maximum absolute atomic E-state index is 10.9. The Hall–Kier alpha value is -0.570. The van der Waals surface area contributed by atoms with Crippen molar-refractivity contribution in [2.75, 3.05) is 13.4 Å². The molecular formula is C10H24O3. The Morgan fingerprint density at radius 2 is 1.85 bits per heavy atom. The third-order valence-corrected chi connectivity index (χ3v) is 1.50. The first kappa shape index (κ1) is 18.3. The number of rotatable bonds is 5. The van der Waals surface area contributed by atoms with Crippen molar-refractivity contribution >= 4 is 5.97 Å². The largest absolute Gasteiger partial charge is 0.438 e. The SMILES string of the molecule is C.C.CCOCOC(=O)C(C)CC. The summed E-state index contributed by atoms with van der Waals surface area (Å²) in [6.45, 7) is 6.31. The third kappa shape index (κ3) is 9.34. The maximum atomic E-state index is 10.9. The molecule has 0 saturated heterocycles. The molecule has 0 amide bonds. The Morgan fingerprint density at radius 3 is 2.23 bits per heavy atom. The molecule has 1 atom stereocenters. The zero-order valence-electron chi connectivity index (χ0n) is 7.42. The molecule has 13 heavy (non-hydrogen) atoms. The van der Waals surface area contributed by atoms with Gasteiger partial charge in [0.2, 0.25) is 0 Å². The van der Waals surface area contributed by atoms with E-state index in [2.05, 4.69) is 0 Å². The minimum absolute atomic E-state index is 0. The van der Waals surface area contributed by atoms with Gasteiger partial charge in [0.1, 0.15) is 0 Å². The first-order valence-electron chi connectivity index (χ1n) is 3.96. The molecule has 0 saturated carbocycles. The van der Waals surface area contributed by atoms with Crippen LogP contribution in [0.1, 0.15) is 42.0 Å². The summed E-state index contributed by atoms with van der Waals surface area (Å²) in [5, 5.41) is 0. The molecule has 3 nitrogen and oxygen atoms in total. The van der Waals surface area contributed by atoms with Crippen LogP contribution in [0.3, 0.4) is 0 Å². The highest BCUT2D eigenvalue weighted by Gasteiger charge is 2.10. The molecule has 0 aromatic carbocycles. The summed E-state index contributed by atoms with van der Waals surface area (Å²) in [5.41, 5.74) is 0. The van der Waals surface area contributed by atoms with E-state index in [1.165, 1.54) is 0 Å². The predicted octanol–water partition coefficient (Wildman–Crippen LogP) is 2.84. The predicted molar refractivity (Wildman–Crippen MR) is 55.5 cm³/mol. The fraction of sp³-hybridized carbons (Fsp3) is 0.900. The van der Waals surface area contributed by atoms with E-state index in [1.807, 2.05) is 20.8 Å². The van der Waals surface area contributed by atoms with Crippen molar-refractivity contribution < 1.29 is 14.3 Å². The molecule has 0 rings (SSSR count). The van der Waals surface area contributed by atoms with Crippen molar-refractivity contribution in [3.63, 3.8) is 0 Å². The zero-order chi connectivity index (χ0) is 8.69. The Bertz CT molecular complexity index is 113. The first-order valence-corrected chi connectivity index (χ1v) is 3.96. The van der Waals surface area contributed by atoms with Crippen LogP contribution in [0.15, 0.2) is 0 Å². The highest BCUT2D eigenvalue weighted by molar-refractivity contribution is 5.71. The smallest absolute Gasteiger partial charge is 0.310 e. The Labute approximate surface area is 82.4 Å². The van der Waals surface area contributed by atoms with Crippen LogP contribution in [0.5, 0.6) is 0 Å². The van der Waals surface area contributed by atoms with E-state index < -0.39 is 0 Å². The molecule has 0 aromatic rings. The lowest BCUT2D eigenvalue weighted by molar-refractivity contribution is -0.160. The number of hydrogen-bond donors (Lipinski definition) is 0. The van der Waals surface area contributed by atoms with Crippen molar-refractivity contribution in [1.82, 2.24) is 0 Å². The van der Waals surface area contributed by atoms with E-state index in [0.29, 0.717) is 6.61 Å². The van der Waals surface area contributed by atoms with Crippen molar-refractivity contribution in [3.8, 4) is 0 Å². The Balaban J connectivity index is -0.000000500. The average molecular weight is 192 g/mol. The minimum Gasteiger partial charge on any atom is -0.438 e. The Morgan fingerprint density at radius 1 is 1.31 bits per heavy atom. The molecule has 1 unspecified atom stereocenters. The van der Waals surface area contributed by atoms with Gasteiger partial charge in [-0.25, -0.2) is 0 Å². The van der Waals surface area contributed by atoms with Crippen LogP contribution in [-0.2, 0) is 14.3 Å². The molecule has 82 valence electrons. The lowest BCUT2D eigenvalue weighted by Crippen LogP contribution is -2.15. The highest BCUT2D eigenvalue weighted by atomic mass is 16.7. The fourth-order valence-corrected chi connectivity index (χ4v) is 0.492. The van der Waals surface area contributed by atoms with E-state index in [1.54, 1.807) is 0 Å². The summed E-state index contributed by atoms with van der Waals surface area (Å²) in [6, 6.07) is 0. The van der Waals surface area contributed by atoms with Gasteiger partial charge in [0.05, 0.1) is 5.92 Å². The first-order chi connectivity index (χ1) is 5.22. The van der Waals surface area contributed by atoms with Gasteiger partial charge in [0, 0.05) is 6.61 Å². The number of ether oxygens (including phenoxy) is 2. The summed E-state index contributed by atoms with van der Waals surface area (Å²) < 4.78 is 9.63. The Kier molecular flexibility index (Phi) is 16.1. The number of carbonyl (C=O) groups is 1. The van der Waals surface area contributed by atoms with Gasteiger partial charge >= 0.3 is 5.97 Å². The molecule has 0 aliphatic rings. The van der Waals surface area contributed by atoms with E-state index in [0.717, 1.165) is 6.42 Å². The molecule has 0 bridgehead atoms. The van der Waals surface area contributed by atoms with E-state index >= 15 is 0 Å². The van der Waals surface area contributed by atoms with Crippen LogP contribution in [-0.4, -0.2) is 19.4 Å². The summed E-state index contributed by atoms with van der Waals surface area (Å²) in [6.07, 6.45) is 0.810. The van der Waals surface area contributed by atoms with Crippen molar-refractivity contribution in [3.05, 3.63) is 0 Å². The standard InChI is InChI=1S/C8H16O3.2CH4/c1-4-7(3)8(9)11-6-10-5-2;;/h7H,4-6H2,1-3H3;2*1H4. The van der Waals surface area contributed by atoms with Crippen LogP contribution in [0.4, 0.5) is 0 Å². The molecule has 0 spiro atoms. The quantitative estimate of drug-likeness (QED) is 0.382. The van der Waals surface area contributed by atoms with Crippen molar-refractivity contribution in [2.45, 2.75) is 42.0 Å². The number of esters is 1. The van der Waals surface area contributed by atoms with Crippen LogP contribution >= 0.6 is 0 Å². The monoisotopic (exact) mass is 192 g/mol. The summed E-state index contributed by atoms with van der Waals surface area (Å²) >= 11 is 0. The van der Waals surface area contributed by atoms with Crippen LogP contribution in [0.2, 0.25) is 0 Å². The molecule has 3 heteroatoms. The summed E-state index contributed by atoms with van der Waals surface area (Å²) in [7, 11) is 0. The molecule has 0 aliphatic heterocycles. The topological polar surface area (TPSA) is 35.5 Å².